The third-order valence-electron chi connectivity index (χ3n) is 1.84. The van der Waals surface area contributed by atoms with Crippen molar-refractivity contribution < 1.29 is 14.2 Å². The number of rotatable bonds is 4. The Morgan fingerprint density at radius 2 is 2.13 bits per heavy atom. The number of ether oxygens (including phenoxy) is 1. The molecule has 0 aliphatic heterocycles. The molecule has 1 unspecified atom stereocenters. The van der Waals surface area contributed by atoms with E-state index in [-0.39, 0.29) is 0 Å². The quantitative estimate of drug-likeness (QED) is 0.416. The van der Waals surface area contributed by atoms with Gasteiger partial charge in [0.15, 0.2) is 0 Å². The number of carbonyl (C=O) groups excluding carboxylic acids is 1. The third kappa shape index (κ3) is 3.12. The maximum atomic E-state index is 11.4. The fourth-order valence-corrected chi connectivity index (χ4v) is 1.15. The predicted octanol–water partition coefficient (Wildman–Crippen LogP) is 0.979. The molecule has 0 saturated heterocycles. The van der Waals surface area contributed by atoms with Crippen molar-refractivity contribution >= 4 is 19.2 Å². The Morgan fingerprint density at radius 1 is 1.47 bits per heavy atom. The first-order chi connectivity index (χ1) is 7.29. The summed E-state index contributed by atoms with van der Waals surface area (Å²) in [6, 6.07) is 8.17. The fraction of sp³-hybridized carbons (Fsp3) is 0.200. The van der Waals surface area contributed by atoms with Gasteiger partial charge < -0.3 is 0 Å². The summed E-state index contributed by atoms with van der Waals surface area (Å²) in [4.78, 5) is 15.2. The zero-order valence-electron chi connectivity index (χ0n) is 8.29. The number of esters is 1. The molecule has 1 aromatic carbocycles. The van der Waals surface area contributed by atoms with Gasteiger partial charge in [0.2, 0.25) is 0 Å². The molecule has 0 N–H and O–H groups in total. The van der Waals surface area contributed by atoms with Crippen LogP contribution < -0.4 is 0 Å². The molecule has 0 radical (unpaired) electrons. The molecule has 1 atom stereocenters. The number of hydrogen-bond donors (Lipinski definition) is 0. The van der Waals surface area contributed by atoms with Gasteiger partial charge in [-0.1, -0.05) is 0 Å². The van der Waals surface area contributed by atoms with Crippen molar-refractivity contribution in [3.05, 3.63) is 35.9 Å². The number of carbonyl (C=O) groups is 1. The van der Waals surface area contributed by atoms with Crippen molar-refractivity contribution in [2.75, 3.05) is 7.11 Å². The van der Waals surface area contributed by atoms with Crippen molar-refractivity contribution in [1.82, 2.24) is 0 Å². The molecular weight excluding hydrogens is 193 g/mol. The molecule has 0 saturated carbocycles. The second-order valence-corrected chi connectivity index (χ2v) is 2.77. The zero-order valence-corrected chi connectivity index (χ0v) is 8.29. The molecule has 1 aromatic rings. The van der Waals surface area contributed by atoms with Crippen molar-refractivity contribution in [3.8, 4) is 0 Å². The maximum absolute atomic E-state index is 11.4. The van der Waals surface area contributed by atoms with E-state index in [0.29, 0.717) is 12.7 Å². The van der Waals surface area contributed by atoms with Gasteiger partial charge in [0.1, 0.15) is 0 Å². The van der Waals surface area contributed by atoms with Crippen LogP contribution in [0.5, 0.6) is 0 Å². The molecule has 0 bridgehead atoms. The second-order valence-electron chi connectivity index (χ2n) is 2.77. The van der Waals surface area contributed by atoms with Gasteiger partial charge in [-0.2, -0.15) is 0 Å². The average Bonchev–Trinajstić information content (AvgIpc) is 2.30. The van der Waals surface area contributed by atoms with E-state index >= 15 is 0 Å². The van der Waals surface area contributed by atoms with E-state index in [1.165, 1.54) is 7.11 Å². The molecule has 0 spiro atoms. The molecule has 0 aliphatic rings. The van der Waals surface area contributed by atoms with Crippen molar-refractivity contribution in [3.63, 3.8) is 0 Å². The van der Waals surface area contributed by atoms with E-state index in [0.717, 1.165) is 6.11 Å². The van der Waals surface area contributed by atoms with Crippen LogP contribution in [0.2, 0.25) is 0 Å². The number of hydrogen-bond acceptors (Lipinski definition) is 4. The molecule has 1 rings (SSSR count). The molecule has 0 heterocycles. The minimum absolute atomic E-state index is 0.487. The number of aliphatic imine (C=N–C) groups is 1. The zero-order chi connectivity index (χ0) is 11.1. The van der Waals surface area contributed by atoms with E-state index in [1.807, 2.05) is 6.07 Å². The number of nitrogens with zero attached hydrogens (tertiary/aromatic N) is 1. The Labute approximate surface area is 88.2 Å². The van der Waals surface area contributed by atoms with E-state index in [4.69, 9.17) is 0 Å². The van der Waals surface area contributed by atoms with Crippen LogP contribution in [0.4, 0.5) is 0 Å². The summed E-state index contributed by atoms with van der Waals surface area (Å²) in [5.74, 6) is -0.487. The van der Waals surface area contributed by atoms with E-state index in [9.17, 15) is 9.50 Å². The van der Waals surface area contributed by atoms with E-state index in [2.05, 4.69) is 9.73 Å². The van der Waals surface area contributed by atoms with Crippen LogP contribution in [0.1, 0.15) is 11.6 Å². The molecule has 0 aromatic heterocycles. The van der Waals surface area contributed by atoms with Gasteiger partial charge in [-0.3, -0.25) is 0 Å². The van der Waals surface area contributed by atoms with Gasteiger partial charge in [0, 0.05) is 0 Å². The Bertz CT molecular complexity index is 364. The minimum atomic E-state index is -0.763. The first-order valence-electron chi connectivity index (χ1n) is 4.39. The van der Waals surface area contributed by atoms with Crippen LogP contribution in [-0.2, 0) is 14.2 Å². The Hall–Kier alpha value is -1.78. The van der Waals surface area contributed by atoms with Gasteiger partial charge in [-0.05, 0) is 0 Å². The van der Waals surface area contributed by atoms with Crippen molar-refractivity contribution in [2.45, 2.75) is 6.04 Å². The van der Waals surface area contributed by atoms with Gasteiger partial charge in [-0.25, -0.2) is 0 Å². The van der Waals surface area contributed by atoms with Crippen LogP contribution in [-0.4, -0.2) is 26.3 Å². The van der Waals surface area contributed by atoms with Crippen molar-refractivity contribution in [2.24, 2.45) is 4.99 Å². The van der Waals surface area contributed by atoms with Gasteiger partial charge in [-0.15, -0.1) is 0 Å². The van der Waals surface area contributed by atoms with Gasteiger partial charge >= 0.3 is 87.5 Å². The molecule has 0 fully saturated rings. The van der Waals surface area contributed by atoms with Crippen LogP contribution in [0.3, 0.4) is 0 Å². The summed E-state index contributed by atoms with van der Waals surface area (Å²) in [5, 5.41) is 0. The normalized spacial score (nSPS) is 12.1. The average molecular weight is 203 g/mol. The summed E-state index contributed by atoms with van der Waals surface area (Å²) in [6.45, 7) is 0. The van der Waals surface area contributed by atoms with Crippen LogP contribution in [0.15, 0.2) is 35.3 Å². The van der Waals surface area contributed by atoms with E-state index < -0.39 is 12.0 Å². The topological polar surface area (TPSA) is 55.7 Å². The second kappa shape index (κ2) is 5.85. The first kappa shape index (κ1) is 11.3. The molecule has 5 heteroatoms. The molecule has 15 heavy (non-hydrogen) atoms. The molecule has 76 valence electrons. The Morgan fingerprint density at radius 3 is 2.67 bits per heavy atom. The predicted molar refractivity (Wildman–Crippen MR) is 56.1 cm³/mol. The third-order valence-corrected chi connectivity index (χ3v) is 1.84. The summed E-state index contributed by atoms with van der Waals surface area (Å²) >= 11 is 0. The summed E-state index contributed by atoms with van der Waals surface area (Å²) in [6.07, 6.45) is 1.05. The van der Waals surface area contributed by atoms with Gasteiger partial charge in [0.25, 0.3) is 0 Å². The molecule has 0 aliphatic carbocycles. The van der Waals surface area contributed by atoms with Crippen LogP contribution >= 0.6 is 0 Å². The summed E-state index contributed by atoms with van der Waals surface area (Å²) in [7, 11) is 1.81. The monoisotopic (exact) mass is 203 g/mol. The summed E-state index contributed by atoms with van der Waals surface area (Å²) in [5.41, 5.74) is 0.697. The Kier molecular flexibility index (Phi) is 4.41. The van der Waals surface area contributed by atoms with E-state index in [1.54, 1.807) is 24.3 Å². The number of benzene rings is 1. The molecular formula is C10H10BNO3. The first-order valence-corrected chi connectivity index (χ1v) is 4.39. The SMILES string of the molecule is COC(=O)C(N=CB=O)c1ccccc1. The van der Waals surface area contributed by atoms with Crippen LogP contribution in [0, 0.1) is 0 Å². The number of methoxy groups -OCH3 is 1. The Balaban J connectivity index is 2.96. The molecule has 4 nitrogen and oxygen atoms in total. The standard InChI is InChI=1S/C10H10BNO3/c1-15-10(13)9(12-7-11-14)8-5-3-2-4-6-8/h2-7,9H,1H3. The van der Waals surface area contributed by atoms with Crippen molar-refractivity contribution in [1.29, 1.82) is 0 Å². The molecule has 0 amide bonds. The fourth-order valence-electron chi connectivity index (χ4n) is 1.15. The van der Waals surface area contributed by atoms with Gasteiger partial charge in [0.05, 0.1) is 0 Å². The van der Waals surface area contributed by atoms with Crippen LogP contribution in [0.25, 0.3) is 0 Å². The summed E-state index contributed by atoms with van der Waals surface area (Å²) < 4.78 is 14.7.